The van der Waals surface area contributed by atoms with Crippen LogP contribution in [0.15, 0.2) is 60.8 Å². The fraction of sp³-hybridized carbons (Fsp3) is 0. The SMILES string of the molecule is C=C/C=C\C(C=C1C(=O)NC(=O)NC1=O)=C/C=C. The third-order valence-corrected chi connectivity index (χ3v) is 1.99. The molecule has 1 fully saturated rings. The van der Waals surface area contributed by atoms with E-state index in [4.69, 9.17) is 0 Å². The summed E-state index contributed by atoms with van der Waals surface area (Å²) in [7, 11) is 0. The van der Waals surface area contributed by atoms with Crippen LogP contribution in [0.4, 0.5) is 4.79 Å². The number of imide groups is 2. The molecule has 1 aliphatic rings. The third-order valence-electron chi connectivity index (χ3n) is 1.99. The van der Waals surface area contributed by atoms with Gasteiger partial charge < -0.3 is 0 Å². The molecule has 0 aliphatic carbocycles. The highest BCUT2D eigenvalue weighted by atomic mass is 16.2. The zero-order valence-corrected chi connectivity index (χ0v) is 9.60. The highest BCUT2D eigenvalue weighted by Crippen LogP contribution is 2.08. The lowest BCUT2D eigenvalue weighted by Gasteiger charge is -2.13. The van der Waals surface area contributed by atoms with E-state index in [-0.39, 0.29) is 5.57 Å². The van der Waals surface area contributed by atoms with Crippen molar-refractivity contribution in [3.8, 4) is 0 Å². The van der Waals surface area contributed by atoms with Crippen LogP contribution >= 0.6 is 0 Å². The van der Waals surface area contributed by atoms with Crippen LogP contribution in [0.25, 0.3) is 0 Å². The van der Waals surface area contributed by atoms with Crippen molar-refractivity contribution in [3.05, 3.63) is 60.8 Å². The summed E-state index contributed by atoms with van der Waals surface area (Å²) in [5.41, 5.74) is 0.441. The van der Waals surface area contributed by atoms with Gasteiger partial charge in [-0.3, -0.25) is 20.2 Å². The number of nitrogens with one attached hydrogen (secondary N) is 2. The molecular formula is C13H12N2O3. The molecule has 1 saturated heterocycles. The molecule has 5 nitrogen and oxygen atoms in total. The Bertz CT molecular complexity index is 488. The molecule has 18 heavy (non-hydrogen) atoms. The van der Waals surface area contributed by atoms with Gasteiger partial charge in [0.25, 0.3) is 11.8 Å². The van der Waals surface area contributed by atoms with Gasteiger partial charge in [-0.25, -0.2) is 4.79 Å². The van der Waals surface area contributed by atoms with Crippen LogP contribution in [-0.2, 0) is 9.59 Å². The van der Waals surface area contributed by atoms with E-state index >= 15 is 0 Å². The Balaban J connectivity index is 3.08. The highest BCUT2D eigenvalue weighted by Gasteiger charge is 2.27. The number of barbiturate groups is 1. The number of carbonyl (C=O) groups is 3. The second-order valence-corrected chi connectivity index (χ2v) is 3.29. The van der Waals surface area contributed by atoms with Gasteiger partial charge in [0.05, 0.1) is 0 Å². The maximum atomic E-state index is 11.5. The van der Waals surface area contributed by atoms with E-state index < -0.39 is 17.8 Å². The van der Waals surface area contributed by atoms with Crippen LogP contribution in [0.3, 0.4) is 0 Å². The van der Waals surface area contributed by atoms with Gasteiger partial charge in [0.15, 0.2) is 0 Å². The summed E-state index contributed by atoms with van der Waals surface area (Å²) in [5.74, 6) is -1.46. The predicted molar refractivity (Wildman–Crippen MR) is 67.4 cm³/mol. The molecule has 0 atom stereocenters. The van der Waals surface area contributed by atoms with Gasteiger partial charge >= 0.3 is 6.03 Å². The summed E-state index contributed by atoms with van der Waals surface area (Å²) in [6, 6.07) is -0.821. The Labute approximate surface area is 104 Å². The van der Waals surface area contributed by atoms with E-state index in [0.29, 0.717) is 5.57 Å². The lowest BCUT2D eigenvalue weighted by Crippen LogP contribution is -2.51. The first-order chi connectivity index (χ1) is 8.58. The highest BCUT2D eigenvalue weighted by molar-refractivity contribution is 6.29. The van der Waals surface area contributed by atoms with Gasteiger partial charge in [0.2, 0.25) is 0 Å². The van der Waals surface area contributed by atoms with Gasteiger partial charge in [-0.1, -0.05) is 43.5 Å². The zero-order valence-electron chi connectivity index (χ0n) is 9.60. The summed E-state index contributed by atoms with van der Waals surface area (Å²) >= 11 is 0. The molecule has 0 aromatic carbocycles. The normalized spacial score (nSPS) is 16.3. The van der Waals surface area contributed by atoms with Gasteiger partial charge in [-0.05, 0) is 11.6 Å². The molecular weight excluding hydrogens is 232 g/mol. The number of carbonyl (C=O) groups excluding carboxylic acids is 3. The zero-order chi connectivity index (χ0) is 13.5. The lowest BCUT2D eigenvalue weighted by molar-refractivity contribution is -0.124. The molecule has 0 saturated carbocycles. The molecule has 0 spiro atoms. The van der Waals surface area contributed by atoms with Crippen LogP contribution < -0.4 is 10.6 Å². The second kappa shape index (κ2) is 6.15. The quantitative estimate of drug-likeness (QED) is 0.442. The minimum atomic E-state index is -0.821. The van der Waals surface area contributed by atoms with Crippen LogP contribution in [0.2, 0.25) is 0 Å². The van der Waals surface area contributed by atoms with E-state index in [2.05, 4.69) is 13.2 Å². The number of allylic oxidation sites excluding steroid dienone is 7. The minimum Gasteiger partial charge on any atom is -0.273 e. The lowest BCUT2D eigenvalue weighted by atomic mass is 10.1. The van der Waals surface area contributed by atoms with Crippen LogP contribution in [0, 0.1) is 0 Å². The molecule has 0 radical (unpaired) electrons. The second-order valence-electron chi connectivity index (χ2n) is 3.29. The van der Waals surface area contributed by atoms with Gasteiger partial charge in [-0.2, -0.15) is 0 Å². The van der Waals surface area contributed by atoms with Gasteiger partial charge in [-0.15, -0.1) is 0 Å². The summed E-state index contributed by atoms with van der Waals surface area (Å²) in [4.78, 5) is 33.8. The molecule has 2 N–H and O–H groups in total. The first-order valence-electron chi connectivity index (χ1n) is 5.08. The molecule has 1 heterocycles. The monoisotopic (exact) mass is 244 g/mol. The van der Waals surface area contributed by atoms with Crippen molar-refractivity contribution >= 4 is 17.8 Å². The standard InChI is InChI=1S/C13H12N2O3/c1-3-5-7-9(6-4-2)8-10-11(16)14-13(18)15-12(10)17/h3-8H,1-2H2,(H2,14,15,16,17,18)/b7-5-,9-6+. The Kier molecular flexibility index (Phi) is 4.57. The van der Waals surface area contributed by atoms with Crippen molar-refractivity contribution in [1.29, 1.82) is 0 Å². The fourth-order valence-corrected chi connectivity index (χ4v) is 1.24. The number of hydrogen-bond acceptors (Lipinski definition) is 3. The average molecular weight is 244 g/mol. The fourth-order valence-electron chi connectivity index (χ4n) is 1.24. The number of urea groups is 1. The van der Waals surface area contributed by atoms with Crippen molar-refractivity contribution in [2.24, 2.45) is 0 Å². The average Bonchev–Trinajstić information content (AvgIpc) is 2.30. The van der Waals surface area contributed by atoms with Crippen molar-refractivity contribution in [1.82, 2.24) is 10.6 Å². The van der Waals surface area contributed by atoms with Crippen molar-refractivity contribution in [2.45, 2.75) is 0 Å². The smallest absolute Gasteiger partial charge is 0.273 e. The van der Waals surface area contributed by atoms with Gasteiger partial charge in [0, 0.05) is 0 Å². The topological polar surface area (TPSA) is 75.3 Å². The number of hydrogen-bond donors (Lipinski definition) is 2. The summed E-state index contributed by atoms with van der Waals surface area (Å²) in [6.45, 7) is 7.05. The van der Waals surface area contributed by atoms with E-state index in [1.165, 1.54) is 12.2 Å². The van der Waals surface area contributed by atoms with Crippen LogP contribution in [0.1, 0.15) is 0 Å². The van der Waals surface area contributed by atoms with E-state index in [1.807, 2.05) is 10.6 Å². The first-order valence-corrected chi connectivity index (χ1v) is 5.08. The number of amides is 4. The molecule has 0 bridgehead atoms. The van der Waals surface area contributed by atoms with Crippen LogP contribution in [0.5, 0.6) is 0 Å². The molecule has 92 valence electrons. The third kappa shape index (κ3) is 3.41. The number of rotatable bonds is 4. The molecule has 0 aromatic rings. The Morgan fingerprint density at radius 3 is 2.11 bits per heavy atom. The van der Waals surface area contributed by atoms with E-state index in [9.17, 15) is 14.4 Å². The predicted octanol–water partition coefficient (Wildman–Crippen LogP) is 1.13. The maximum Gasteiger partial charge on any atom is 0.328 e. The molecule has 0 aromatic heterocycles. The summed E-state index contributed by atoms with van der Waals surface area (Å²) in [5, 5.41) is 3.98. The van der Waals surface area contributed by atoms with Crippen LogP contribution in [-0.4, -0.2) is 17.8 Å². The van der Waals surface area contributed by atoms with E-state index in [1.54, 1.807) is 24.3 Å². The summed E-state index contributed by atoms with van der Waals surface area (Å²) < 4.78 is 0. The molecule has 1 rings (SSSR count). The van der Waals surface area contributed by atoms with Crippen molar-refractivity contribution < 1.29 is 14.4 Å². The maximum absolute atomic E-state index is 11.5. The molecule has 4 amide bonds. The Morgan fingerprint density at radius 1 is 1.00 bits per heavy atom. The molecule has 1 aliphatic heterocycles. The first kappa shape index (κ1) is 13.4. The minimum absolute atomic E-state index is 0.142. The Hall–Kier alpha value is -2.69. The largest absolute Gasteiger partial charge is 0.328 e. The van der Waals surface area contributed by atoms with Gasteiger partial charge in [0.1, 0.15) is 5.57 Å². The van der Waals surface area contributed by atoms with E-state index in [0.717, 1.165) is 0 Å². The molecule has 5 heteroatoms. The molecule has 0 unspecified atom stereocenters. The van der Waals surface area contributed by atoms with Crippen molar-refractivity contribution in [3.63, 3.8) is 0 Å². The van der Waals surface area contributed by atoms with Crippen molar-refractivity contribution in [2.75, 3.05) is 0 Å². The summed E-state index contributed by atoms with van der Waals surface area (Å²) in [6.07, 6.45) is 9.35. The Morgan fingerprint density at radius 2 is 1.61 bits per heavy atom.